The smallest absolute Gasteiger partial charge is 0.246 e. The van der Waals surface area contributed by atoms with Crippen LogP contribution in [0, 0.1) is 0 Å². The van der Waals surface area contributed by atoms with E-state index in [1.54, 1.807) is 0 Å². The Morgan fingerprint density at radius 1 is 1.32 bits per heavy atom. The molecule has 0 bridgehead atoms. The maximum atomic E-state index is 11.8. The second kappa shape index (κ2) is 4.73. The zero-order valence-electron chi connectivity index (χ0n) is 10.9. The molecule has 1 unspecified atom stereocenters. The highest BCUT2D eigenvalue weighted by Gasteiger charge is 2.35. The van der Waals surface area contributed by atoms with Crippen LogP contribution in [0.4, 0.5) is 0 Å². The molecule has 3 heterocycles. The number of carbonyl (C=O) groups excluding carboxylic acids is 2. The van der Waals surface area contributed by atoms with Gasteiger partial charge in [-0.3, -0.25) is 19.8 Å². The summed E-state index contributed by atoms with van der Waals surface area (Å²) in [7, 11) is 1.52. The summed E-state index contributed by atoms with van der Waals surface area (Å²) in [4.78, 5) is 24.4. The van der Waals surface area contributed by atoms with Crippen molar-refractivity contribution in [2.24, 2.45) is 0 Å². The first-order chi connectivity index (χ1) is 9.16. The number of amides is 2. The molecule has 0 aromatic carbocycles. The van der Waals surface area contributed by atoms with E-state index in [1.165, 1.54) is 11.9 Å². The number of nitrogens with one attached hydrogen (secondary N) is 1. The third kappa shape index (κ3) is 2.14. The van der Waals surface area contributed by atoms with Gasteiger partial charge in [0, 0.05) is 20.0 Å². The molecule has 0 aliphatic carbocycles. The Morgan fingerprint density at radius 2 is 2.16 bits per heavy atom. The first-order valence-corrected chi connectivity index (χ1v) is 6.61. The molecule has 1 aromatic heterocycles. The van der Waals surface area contributed by atoms with E-state index in [2.05, 4.69) is 20.1 Å². The van der Waals surface area contributed by atoms with Crippen LogP contribution in [-0.4, -0.2) is 44.6 Å². The highest BCUT2D eigenvalue weighted by atomic mass is 16.2. The summed E-state index contributed by atoms with van der Waals surface area (Å²) < 4.78 is 2.11. The number of likely N-dealkylation sites (tertiary alicyclic amines) is 1. The molecule has 102 valence electrons. The van der Waals surface area contributed by atoms with Crippen LogP contribution in [0.15, 0.2) is 0 Å². The number of carbonyl (C=O) groups is 2. The van der Waals surface area contributed by atoms with Crippen LogP contribution in [-0.2, 0) is 29.1 Å². The SMILES string of the molecule is CN1C(=O)CC(NCc2nnc3n2CCCC3)C1=O. The summed E-state index contributed by atoms with van der Waals surface area (Å²) in [6.07, 6.45) is 3.50. The van der Waals surface area contributed by atoms with Gasteiger partial charge in [-0.15, -0.1) is 10.2 Å². The maximum Gasteiger partial charge on any atom is 0.246 e. The lowest BCUT2D eigenvalue weighted by molar-refractivity contribution is -0.137. The first-order valence-electron chi connectivity index (χ1n) is 6.61. The summed E-state index contributed by atoms with van der Waals surface area (Å²) in [5.41, 5.74) is 0. The summed E-state index contributed by atoms with van der Waals surface area (Å²) in [5, 5.41) is 11.4. The molecule has 1 fully saturated rings. The lowest BCUT2D eigenvalue weighted by Gasteiger charge is -2.16. The summed E-state index contributed by atoms with van der Waals surface area (Å²) in [6.45, 7) is 1.42. The molecule has 0 saturated carbocycles. The van der Waals surface area contributed by atoms with Crippen LogP contribution >= 0.6 is 0 Å². The predicted molar refractivity (Wildman–Crippen MR) is 66.0 cm³/mol. The molecule has 0 radical (unpaired) electrons. The van der Waals surface area contributed by atoms with Crippen molar-refractivity contribution in [2.75, 3.05) is 7.05 Å². The minimum absolute atomic E-state index is 0.134. The number of hydrogen-bond donors (Lipinski definition) is 1. The number of nitrogens with zero attached hydrogens (tertiary/aromatic N) is 4. The van der Waals surface area contributed by atoms with Crippen molar-refractivity contribution in [3.8, 4) is 0 Å². The fourth-order valence-electron chi connectivity index (χ4n) is 2.63. The number of aryl methyl sites for hydroxylation is 1. The average molecular weight is 263 g/mol. The van der Waals surface area contributed by atoms with Crippen LogP contribution in [0.25, 0.3) is 0 Å². The Labute approximate surface area is 111 Å². The van der Waals surface area contributed by atoms with Crippen LogP contribution < -0.4 is 5.32 Å². The van der Waals surface area contributed by atoms with Crippen molar-refractivity contribution in [3.63, 3.8) is 0 Å². The van der Waals surface area contributed by atoms with Crippen molar-refractivity contribution in [1.82, 2.24) is 25.0 Å². The molecular weight excluding hydrogens is 246 g/mol. The van der Waals surface area contributed by atoms with Crippen molar-refractivity contribution in [2.45, 2.75) is 44.8 Å². The molecule has 1 atom stereocenters. The largest absolute Gasteiger partial charge is 0.314 e. The molecule has 7 nitrogen and oxygen atoms in total. The highest BCUT2D eigenvalue weighted by molar-refractivity contribution is 6.05. The number of fused-ring (bicyclic) bond motifs is 1. The monoisotopic (exact) mass is 263 g/mol. The number of hydrogen-bond acceptors (Lipinski definition) is 5. The fraction of sp³-hybridized carbons (Fsp3) is 0.667. The van der Waals surface area contributed by atoms with E-state index < -0.39 is 6.04 Å². The highest BCUT2D eigenvalue weighted by Crippen LogP contribution is 2.15. The number of aromatic nitrogens is 3. The van der Waals surface area contributed by atoms with E-state index in [1.807, 2.05) is 0 Å². The van der Waals surface area contributed by atoms with E-state index in [4.69, 9.17) is 0 Å². The van der Waals surface area contributed by atoms with Gasteiger partial charge >= 0.3 is 0 Å². The molecule has 7 heteroatoms. The third-order valence-electron chi connectivity index (χ3n) is 3.82. The molecule has 2 aliphatic rings. The molecule has 2 amide bonds. The summed E-state index contributed by atoms with van der Waals surface area (Å²) in [6, 6.07) is -0.422. The van der Waals surface area contributed by atoms with Gasteiger partial charge in [0.25, 0.3) is 0 Å². The standard InChI is InChI=1S/C12H17N5O2/c1-16-11(18)6-8(12(16)19)13-7-10-15-14-9-4-2-3-5-17(9)10/h8,13H,2-7H2,1H3. The molecule has 1 aromatic rings. The van der Waals surface area contributed by atoms with E-state index in [0.29, 0.717) is 6.54 Å². The summed E-state index contributed by atoms with van der Waals surface area (Å²) >= 11 is 0. The van der Waals surface area contributed by atoms with E-state index in [9.17, 15) is 9.59 Å². The van der Waals surface area contributed by atoms with Gasteiger partial charge in [-0.2, -0.15) is 0 Å². The second-order valence-corrected chi connectivity index (χ2v) is 5.07. The van der Waals surface area contributed by atoms with E-state index in [0.717, 1.165) is 37.5 Å². The second-order valence-electron chi connectivity index (χ2n) is 5.07. The maximum absolute atomic E-state index is 11.8. The van der Waals surface area contributed by atoms with Gasteiger partial charge in [0.1, 0.15) is 11.6 Å². The van der Waals surface area contributed by atoms with Gasteiger partial charge in [-0.05, 0) is 12.8 Å². The van der Waals surface area contributed by atoms with Crippen LogP contribution in [0.2, 0.25) is 0 Å². The van der Waals surface area contributed by atoms with Gasteiger partial charge < -0.3 is 4.57 Å². The van der Waals surface area contributed by atoms with Gasteiger partial charge in [-0.25, -0.2) is 0 Å². The minimum atomic E-state index is -0.422. The molecular formula is C12H17N5O2. The predicted octanol–water partition coefficient (Wildman–Crippen LogP) is -0.539. The topological polar surface area (TPSA) is 80.1 Å². The molecule has 0 spiro atoms. The van der Waals surface area contributed by atoms with E-state index in [-0.39, 0.29) is 18.2 Å². The van der Waals surface area contributed by atoms with Crippen molar-refractivity contribution < 1.29 is 9.59 Å². The Bertz CT molecular complexity index is 524. The molecule has 19 heavy (non-hydrogen) atoms. The summed E-state index contributed by atoms with van der Waals surface area (Å²) in [5.74, 6) is 1.58. The fourth-order valence-corrected chi connectivity index (χ4v) is 2.63. The lowest BCUT2D eigenvalue weighted by Crippen LogP contribution is -2.37. The van der Waals surface area contributed by atoms with Gasteiger partial charge in [0.05, 0.1) is 19.0 Å². The Morgan fingerprint density at radius 3 is 2.89 bits per heavy atom. The van der Waals surface area contributed by atoms with Crippen LogP contribution in [0.1, 0.15) is 30.9 Å². The molecule has 1 saturated heterocycles. The van der Waals surface area contributed by atoms with Crippen molar-refractivity contribution in [1.29, 1.82) is 0 Å². The molecule has 3 rings (SSSR count). The van der Waals surface area contributed by atoms with Gasteiger partial charge in [0.15, 0.2) is 0 Å². The molecule has 2 aliphatic heterocycles. The third-order valence-corrected chi connectivity index (χ3v) is 3.82. The quantitative estimate of drug-likeness (QED) is 0.741. The number of likely N-dealkylation sites (N-methyl/N-ethyl adjacent to an activating group) is 1. The van der Waals surface area contributed by atoms with Crippen LogP contribution in [0.5, 0.6) is 0 Å². The minimum Gasteiger partial charge on any atom is -0.314 e. The van der Waals surface area contributed by atoms with Crippen LogP contribution in [0.3, 0.4) is 0 Å². The Kier molecular flexibility index (Phi) is 3.06. The van der Waals surface area contributed by atoms with Crippen molar-refractivity contribution in [3.05, 3.63) is 11.6 Å². The Balaban J connectivity index is 1.65. The lowest BCUT2D eigenvalue weighted by atomic mass is 10.1. The van der Waals surface area contributed by atoms with E-state index >= 15 is 0 Å². The normalized spacial score (nSPS) is 23.0. The number of rotatable bonds is 3. The number of imide groups is 1. The van der Waals surface area contributed by atoms with Crippen molar-refractivity contribution >= 4 is 11.8 Å². The average Bonchev–Trinajstić information content (AvgIpc) is 2.94. The van der Waals surface area contributed by atoms with Gasteiger partial charge in [0.2, 0.25) is 11.8 Å². The Hall–Kier alpha value is -1.76. The zero-order chi connectivity index (χ0) is 13.4. The molecule has 1 N–H and O–H groups in total. The zero-order valence-corrected chi connectivity index (χ0v) is 10.9. The first kappa shape index (κ1) is 12.3. The van der Waals surface area contributed by atoms with Gasteiger partial charge in [-0.1, -0.05) is 0 Å².